The summed E-state index contributed by atoms with van der Waals surface area (Å²) in [4.78, 5) is 16.6. The maximum absolute atomic E-state index is 12.9. The average molecular weight is 490 g/mol. The van der Waals surface area contributed by atoms with Gasteiger partial charge >= 0.3 is 0 Å². The molecule has 0 aliphatic carbocycles. The Kier molecular flexibility index (Phi) is 7.90. The standard InChI is InChI=1S/C24H27N3O4S.ClH/c28-24(25-16-19(23-6-5-13-32-23)27-9-3-1-2-4-10-27)18-15-21(31-26-18)17-7-8-20-22(14-17)30-12-11-29-20;/h5-8,13-15,19H,1-4,9-12,16H2,(H,25,28);1H. The van der Waals surface area contributed by atoms with E-state index in [1.165, 1.54) is 30.6 Å². The molecular weight excluding hydrogens is 462 g/mol. The first-order valence-corrected chi connectivity index (χ1v) is 12.1. The Morgan fingerprint density at radius 3 is 2.61 bits per heavy atom. The van der Waals surface area contributed by atoms with E-state index in [0.29, 0.717) is 37.0 Å². The SMILES string of the molecule is Cl.O=C(NCC(c1cccs1)N1CCCCCC1)c1cc(-c2ccc3c(c2)OCCO3)on1. The first-order chi connectivity index (χ1) is 15.8. The van der Waals surface area contributed by atoms with Crippen LogP contribution in [-0.4, -0.2) is 48.8 Å². The van der Waals surface area contributed by atoms with Gasteiger partial charge in [-0.3, -0.25) is 9.69 Å². The summed E-state index contributed by atoms with van der Waals surface area (Å²) >= 11 is 1.74. The normalized spacial score (nSPS) is 17.0. The van der Waals surface area contributed by atoms with E-state index in [4.69, 9.17) is 14.0 Å². The summed E-state index contributed by atoms with van der Waals surface area (Å²) in [6.45, 7) is 3.74. The van der Waals surface area contributed by atoms with Crippen LogP contribution in [-0.2, 0) is 0 Å². The smallest absolute Gasteiger partial charge is 0.273 e. The predicted octanol–water partition coefficient (Wildman–Crippen LogP) is 4.94. The van der Waals surface area contributed by atoms with E-state index in [2.05, 4.69) is 32.9 Å². The molecule has 1 N–H and O–H groups in total. The lowest BCUT2D eigenvalue weighted by Gasteiger charge is -2.30. The number of thiophene rings is 1. The molecule has 2 aromatic heterocycles. The van der Waals surface area contributed by atoms with Crippen LogP contribution in [0.3, 0.4) is 0 Å². The minimum absolute atomic E-state index is 0. The number of ether oxygens (including phenoxy) is 2. The topological polar surface area (TPSA) is 76.8 Å². The van der Waals surface area contributed by atoms with Gasteiger partial charge in [-0.15, -0.1) is 23.7 Å². The summed E-state index contributed by atoms with van der Waals surface area (Å²) in [7, 11) is 0. The summed E-state index contributed by atoms with van der Waals surface area (Å²) in [6.07, 6.45) is 4.97. The number of fused-ring (bicyclic) bond motifs is 1. The van der Waals surface area contributed by atoms with E-state index < -0.39 is 0 Å². The number of carbonyl (C=O) groups excluding carboxylic acids is 1. The van der Waals surface area contributed by atoms with E-state index in [0.717, 1.165) is 18.7 Å². The third-order valence-corrected chi connectivity index (χ3v) is 6.95. The number of aromatic nitrogens is 1. The highest BCUT2D eigenvalue weighted by Crippen LogP contribution is 2.34. The highest BCUT2D eigenvalue weighted by atomic mass is 35.5. The van der Waals surface area contributed by atoms with Gasteiger partial charge in [-0.1, -0.05) is 24.1 Å². The Bertz CT molecular complexity index is 1050. The fraction of sp³-hybridized carbons (Fsp3) is 0.417. The van der Waals surface area contributed by atoms with Crippen LogP contribution in [0.4, 0.5) is 0 Å². The number of nitrogens with zero attached hydrogens (tertiary/aromatic N) is 2. The molecule has 176 valence electrons. The zero-order chi connectivity index (χ0) is 21.8. The van der Waals surface area contributed by atoms with Crippen molar-refractivity contribution in [2.75, 3.05) is 32.8 Å². The van der Waals surface area contributed by atoms with Crippen molar-refractivity contribution in [2.24, 2.45) is 0 Å². The number of carbonyl (C=O) groups is 1. The maximum Gasteiger partial charge on any atom is 0.273 e. The lowest BCUT2D eigenvalue weighted by molar-refractivity contribution is 0.0925. The van der Waals surface area contributed by atoms with Crippen molar-refractivity contribution in [1.29, 1.82) is 0 Å². The fourth-order valence-corrected chi connectivity index (χ4v) is 5.15. The molecule has 33 heavy (non-hydrogen) atoms. The van der Waals surface area contributed by atoms with Gasteiger partial charge in [0.25, 0.3) is 5.91 Å². The number of likely N-dealkylation sites (tertiary alicyclic amines) is 1. The summed E-state index contributed by atoms with van der Waals surface area (Å²) in [6, 6.07) is 11.7. The summed E-state index contributed by atoms with van der Waals surface area (Å²) in [5, 5.41) is 9.18. The van der Waals surface area contributed by atoms with Crippen LogP contribution >= 0.6 is 23.7 Å². The van der Waals surface area contributed by atoms with Gasteiger partial charge in [-0.25, -0.2) is 0 Å². The van der Waals surface area contributed by atoms with Crippen LogP contribution in [0.2, 0.25) is 0 Å². The molecule has 1 atom stereocenters. The van der Waals surface area contributed by atoms with Crippen LogP contribution in [0.15, 0.2) is 46.3 Å². The lowest BCUT2D eigenvalue weighted by Crippen LogP contribution is -2.38. The summed E-state index contributed by atoms with van der Waals surface area (Å²) < 4.78 is 16.7. The fourth-order valence-electron chi connectivity index (χ4n) is 4.29. The second-order valence-corrected chi connectivity index (χ2v) is 9.11. The van der Waals surface area contributed by atoms with Crippen molar-refractivity contribution in [3.05, 3.63) is 52.3 Å². The Balaban J connectivity index is 0.00000259. The number of amides is 1. The predicted molar refractivity (Wildman–Crippen MR) is 130 cm³/mol. The number of hydrogen-bond acceptors (Lipinski definition) is 7. The monoisotopic (exact) mass is 489 g/mol. The van der Waals surface area contributed by atoms with Gasteiger partial charge in [0.05, 0.1) is 6.04 Å². The molecule has 4 heterocycles. The number of nitrogens with one attached hydrogen (secondary N) is 1. The second kappa shape index (κ2) is 11.0. The molecule has 0 saturated carbocycles. The zero-order valence-electron chi connectivity index (χ0n) is 18.3. The minimum atomic E-state index is -0.228. The molecule has 0 spiro atoms. The van der Waals surface area contributed by atoms with E-state index in [-0.39, 0.29) is 30.0 Å². The van der Waals surface area contributed by atoms with Crippen LogP contribution in [0.1, 0.15) is 47.1 Å². The second-order valence-electron chi connectivity index (χ2n) is 8.13. The van der Waals surface area contributed by atoms with Crippen molar-refractivity contribution < 1.29 is 18.8 Å². The third kappa shape index (κ3) is 5.51. The van der Waals surface area contributed by atoms with E-state index in [1.54, 1.807) is 17.4 Å². The minimum Gasteiger partial charge on any atom is -0.486 e. The number of halogens is 1. The van der Waals surface area contributed by atoms with Crippen molar-refractivity contribution >= 4 is 29.7 Å². The Hall–Kier alpha value is -2.55. The number of hydrogen-bond donors (Lipinski definition) is 1. The quantitative estimate of drug-likeness (QED) is 0.528. The number of rotatable bonds is 6. The molecule has 2 aliphatic heterocycles. The average Bonchev–Trinajstić information content (AvgIpc) is 3.47. The van der Waals surface area contributed by atoms with Crippen LogP contribution in [0, 0.1) is 0 Å². The first-order valence-electron chi connectivity index (χ1n) is 11.2. The third-order valence-electron chi connectivity index (χ3n) is 5.98. The Morgan fingerprint density at radius 2 is 1.85 bits per heavy atom. The molecule has 0 radical (unpaired) electrons. The molecule has 5 rings (SSSR count). The van der Waals surface area contributed by atoms with Crippen LogP contribution in [0.25, 0.3) is 11.3 Å². The molecular formula is C24H28ClN3O4S. The Morgan fingerprint density at radius 1 is 1.06 bits per heavy atom. The molecule has 7 nitrogen and oxygen atoms in total. The Labute approximate surface area is 203 Å². The molecule has 1 saturated heterocycles. The zero-order valence-corrected chi connectivity index (χ0v) is 20.0. The van der Waals surface area contributed by atoms with Gasteiger partial charge in [-0.05, 0) is 55.6 Å². The molecule has 9 heteroatoms. The molecule has 2 aliphatic rings. The van der Waals surface area contributed by atoms with E-state index in [9.17, 15) is 4.79 Å². The summed E-state index contributed by atoms with van der Waals surface area (Å²) in [5.41, 5.74) is 1.07. The van der Waals surface area contributed by atoms with Gasteiger partial charge in [0.1, 0.15) is 13.2 Å². The van der Waals surface area contributed by atoms with E-state index >= 15 is 0 Å². The highest BCUT2D eigenvalue weighted by Gasteiger charge is 2.24. The van der Waals surface area contributed by atoms with Crippen LogP contribution in [0.5, 0.6) is 11.5 Å². The first kappa shape index (κ1) is 23.6. The summed E-state index contributed by atoms with van der Waals surface area (Å²) in [5.74, 6) is 1.68. The molecule has 1 unspecified atom stereocenters. The van der Waals surface area contributed by atoms with Gasteiger partial charge in [0.2, 0.25) is 0 Å². The number of benzene rings is 1. The van der Waals surface area contributed by atoms with Crippen molar-refractivity contribution in [1.82, 2.24) is 15.4 Å². The molecule has 0 bridgehead atoms. The largest absolute Gasteiger partial charge is 0.486 e. The van der Waals surface area contributed by atoms with Crippen LogP contribution < -0.4 is 14.8 Å². The molecule has 1 fully saturated rings. The van der Waals surface area contributed by atoms with Gasteiger partial charge in [-0.2, -0.15) is 0 Å². The maximum atomic E-state index is 12.9. The molecule has 3 aromatic rings. The van der Waals surface area contributed by atoms with Crippen molar-refractivity contribution in [2.45, 2.75) is 31.7 Å². The van der Waals surface area contributed by atoms with Crippen molar-refractivity contribution in [3.8, 4) is 22.8 Å². The highest BCUT2D eigenvalue weighted by molar-refractivity contribution is 7.10. The lowest BCUT2D eigenvalue weighted by atomic mass is 10.1. The van der Waals surface area contributed by atoms with Gasteiger partial charge in [0, 0.05) is 23.1 Å². The van der Waals surface area contributed by atoms with Gasteiger partial charge < -0.3 is 19.3 Å². The van der Waals surface area contributed by atoms with Gasteiger partial charge in [0.15, 0.2) is 23.0 Å². The van der Waals surface area contributed by atoms with E-state index in [1.807, 2.05) is 18.2 Å². The van der Waals surface area contributed by atoms with Crippen molar-refractivity contribution in [3.63, 3.8) is 0 Å². The molecule has 1 aromatic carbocycles. The molecule has 1 amide bonds.